The number of carbonyl (C=O) groups is 2. The molecule has 0 saturated carbocycles. The van der Waals surface area contributed by atoms with Crippen LogP contribution < -0.4 is 0 Å². The Labute approximate surface area is 113 Å². The van der Waals surface area contributed by atoms with Crippen LogP contribution in [0.1, 0.15) is 43.7 Å². The van der Waals surface area contributed by atoms with Crippen molar-refractivity contribution in [3.8, 4) is 0 Å². The number of carbonyl (C=O) groups excluding carboxylic acids is 2. The molecule has 0 saturated heterocycles. The molecular weight excluding hydrogens is 236 g/mol. The Morgan fingerprint density at radius 3 is 2.63 bits per heavy atom. The smallest absolute Gasteiger partial charge is 0.152 e. The molecule has 19 heavy (non-hydrogen) atoms. The van der Waals surface area contributed by atoms with Crippen LogP contribution in [0.4, 0.5) is 0 Å². The zero-order valence-corrected chi connectivity index (χ0v) is 11.3. The summed E-state index contributed by atoms with van der Waals surface area (Å²) < 4.78 is 0. The Balaban J connectivity index is 2.41. The average molecular weight is 254 g/mol. The van der Waals surface area contributed by atoms with Gasteiger partial charge in [-0.3, -0.25) is 4.79 Å². The lowest BCUT2D eigenvalue weighted by atomic mass is 9.87. The molecule has 1 aromatic carbocycles. The van der Waals surface area contributed by atoms with Crippen molar-refractivity contribution >= 4 is 17.6 Å². The van der Waals surface area contributed by atoms with E-state index < -0.39 is 0 Å². The number of rotatable bonds is 3. The monoisotopic (exact) mass is 254 g/mol. The van der Waals surface area contributed by atoms with Gasteiger partial charge < -0.3 is 4.79 Å². The normalized spacial score (nSPS) is 19.9. The third-order valence-electron chi connectivity index (χ3n) is 3.32. The van der Waals surface area contributed by atoms with E-state index in [2.05, 4.69) is 12.1 Å². The highest BCUT2D eigenvalue weighted by Crippen LogP contribution is 2.34. The molecule has 0 N–H and O–H groups in total. The topological polar surface area (TPSA) is 34.1 Å². The first-order chi connectivity index (χ1) is 9.06. The molecule has 1 aromatic rings. The van der Waals surface area contributed by atoms with Crippen LogP contribution in [0, 0.1) is 0 Å². The van der Waals surface area contributed by atoms with Crippen molar-refractivity contribution in [2.45, 2.75) is 32.6 Å². The second kappa shape index (κ2) is 5.79. The maximum atomic E-state index is 11.5. The number of fused-ring (bicyclic) bond motifs is 1. The standard InChI is InChI=1S/C17H18O2/c1-12(18)9-14-7-8-15-5-3-4-6-17(15)16(11-14)10-13(2)19/h3-9,16H,10-11H2,1-2H3/b14-9+. The highest BCUT2D eigenvalue weighted by Gasteiger charge is 2.19. The van der Waals surface area contributed by atoms with Gasteiger partial charge >= 0.3 is 0 Å². The summed E-state index contributed by atoms with van der Waals surface area (Å²) in [7, 11) is 0. The largest absolute Gasteiger partial charge is 0.300 e. The van der Waals surface area contributed by atoms with Gasteiger partial charge in [0.15, 0.2) is 5.78 Å². The van der Waals surface area contributed by atoms with E-state index >= 15 is 0 Å². The fourth-order valence-electron chi connectivity index (χ4n) is 2.59. The number of Topliss-reactive ketones (excluding diaryl/α,β-unsaturated/α-hetero) is 1. The zero-order valence-electron chi connectivity index (χ0n) is 11.3. The minimum Gasteiger partial charge on any atom is -0.300 e. The van der Waals surface area contributed by atoms with Gasteiger partial charge in [-0.1, -0.05) is 36.4 Å². The van der Waals surface area contributed by atoms with Crippen molar-refractivity contribution in [3.05, 3.63) is 53.1 Å². The van der Waals surface area contributed by atoms with E-state index in [1.54, 1.807) is 19.9 Å². The lowest BCUT2D eigenvalue weighted by Gasteiger charge is -2.16. The number of hydrogen-bond donors (Lipinski definition) is 0. The van der Waals surface area contributed by atoms with E-state index in [-0.39, 0.29) is 17.5 Å². The summed E-state index contributed by atoms with van der Waals surface area (Å²) in [5.74, 6) is 0.394. The second-order valence-corrected chi connectivity index (χ2v) is 5.10. The molecule has 0 heterocycles. The Kier molecular flexibility index (Phi) is 4.10. The van der Waals surface area contributed by atoms with Crippen molar-refractivity contribution in [2.75, 3.05) is 0 Å². The highest BCUT2D eigenvalue weighted by molar-refractivity contribution is 5.89. The molecule has 2 heteroatoms. The highest BCUT2D eigenvalue weighted by atomic mass is 16.1. The lowest BCUT2D eigenvalue weighted by Crippen LogP contribution is -2.06. The Morgan fingerprint density at radius 2 is 1.95 bits per heavy atom. The molecular formula is C17H18O2. The molecule has 2 nitrogen and oxygen atoms in total. The molecule has 0 amide bonds. The molecule has 2 rings (SSSR count). The molecule has 0 bridgehead atoms. The van der Waals surface area contributed by atoms with E-state index in [1.807, 2.05) is 24.3 Å². The van der Waals surface area contributed by atoms with Crippen LogP contribution in [0.25, 0.3) is 6.08 Å². The third-order valence-corrected chi connectivity index (χ3v) is 3.32. The van der Waals surface area contributed by atoms with Gasteiger partial charge in [-0.25, -0.2) is 0 Å². The maximum absolute atomic E-state index is 11.5. The minimum atomic E-state index is 0.0483. The van der Waals surface area contributed by atoms with E-state index in [0.29, 0.717) is 6.42 Å². The van der Waals surface area contributed by atoms with Crippen molar-refractivity contribution in [3.63, 3.8) is 0 Å². The summed E-state index contributed by atoms with van der Waals surface area (Å²) in [5, 5.41) is 0. The number of benzene rings is 1. The molecule has 0 aliphatic heterocycles. The van der Waals surface area contributed by atoms with Crippen molar-refractivity contribution < 1.29 is 9.59 Å². The number of ketones is 2. The Hall–Kier alpha value is -1.96. The molecule has 1 aliphatic rings. The van der Waals surface area contributed by atoms with E-state index in [1.165, 1.54) is 5.56 Å². The van der Waals surface area contributed by atoms with E-state index in [4.69, 9.17) is 0 Å². The zero-order chi connectivity index (χ0) is 13.8. The molecule has 98 valence electrons. The van der Waals surface area contributed by atoms with Gasteiger partial charge in [-0.2, -0.15) is 0 Å². The number of allylic oxidation sites excluding steroid dienone is 3. The lowest BCUT2D eigenvalue weighted by molar-refractivity contribution is -0.117. The second-order valence-electron chi connectivity index (χ2n) is 5.10. The summed E-state index contributed by atoms with van der Waals surface area (Å²) in [6.07, 6.45) is 6.95. The van der Waals surface area contributed by atoms with Crippen LogP contribution in [0.5, 0.6) is 0 Å². The number of hydrogen-bond acceptors (Lipinski definition) is 2. The average Bonchev–Trinajstić information content (AvgIpc) is 2.49. The van der Waals surface area contributed by atoms with Gasteiger partial charge in [-0.15, -0.1) is 0 Å². The first-order valence-electron chi connectivity index (χ1n) is 6.54. The Morgan fingerprint density at radius 1 is 1.21 bits per heavy atom. The van der Waals surface area contributed by atoms with Crippen LogP contribution in [-0.4, -0.2) is 11.6 Å². The predicted octanol–water partition coefficient (Wildman–Crippen LogP) is 3.68. The molecule has 1 atom stereocenters. The van der Waals surface area contributed by atoms with Crippen LogP contribution in [-0.2, 0) is 9.59 Å². The minimum absolute atomic E-state index is 0.0483. The summed E-state index contributed by atoms with van der Waals surface area (Å²) in [6, 6.07) is 8.12. The summed E-state index contributed by atoms with van der Waals surface area (Å²) in [5.41, 5.74) is 3.33. The molecule has 0 fully saturated rings. The molecule has 0 aromatic heterocycles. The molecule has 1 unspecified atom stereocenters. The molecule has 0 spiro atoms. The van der Waals surface area contributed by atoms with Gasteiger partial charge in [0.25, 0.3) is 0 Å². The first kappa shape index (κ1) is 13.5. The van der Waals surface area contributed by atoms with Gasteiger partial charge in [-0.05, 0) is 49.0 Å². The summed E-state index contributed by atoms with van der Waals surface area (Å²) in [6.45, 7) is 3.17. The Bertz CT molecular complexity index is 564. The molecule has 1 aliphatic carbocycles. The first-order valence-corrected chi connectivity index (χ1v) is 6.54. The SMILES string of the molecule is CC(=O)/C=C1\C=Cc2ccccc2C(CC(C)=O)C1. The van der Waals surface area contributed by atoms with Gasteiger partial charge in [0.05, 0.1) is 0 Å². The molecule has 0 radical (unpaired) electrons. The van der Waals surface area contributed by atoms with Gasteiger partial charge in [0, 0.05) is 6.42 Å². The van der Waals surface area contributed by atoms with Gasteiger partial charge in [0.2, 0.25) is 0 Å². The van der Waals surface area contributed by atoms with Crippen molar-refractivity contribution in [2.24, 2.45) is 0 Å². The fraction of sp³-hybridized carbons (Fsp3) is 0.294. The van der Waals surface area contributed by atoms with Crippen LogP contribution in [0.3, 0.4) is 0 Å². The van der Waals surface area contributed by atoms with Crippen LogP contribution in [0.15, 0.2) is 42.0 Å². The quantitative estimate of drug-likeness (QED) is 0.771. The fourth-order valence-corrected chi connectivity index (χ4v) is 2.59. The maximum Gasteiger partial charge on any atom is 0.152 e. The van der Waals surface area contributed by atoms with Gasteiger partial charge in [0.1, 0.15) is 5.78 Å². The predicted molar refractivity (Wildman–Crippen MR) is 76.9 cm³/mol. The summed E-state index contributed by atoms with van der Waals surface area (Å²) in [4.78, 5) is 22.7. The van der Waals surface area contributed by atoms with E-state index in [9.17, 15) is 9.59 Å². The van der Waals surface area contributed by atoms with Crippen molar-refractivity contribution in [1.82, 2.24) is 0 Å². The van der Waals surface area contributed by atoms with E-state index in [0.717, 1.165) is 17.6 Å². The van der Waals surface area contributed by atoms with Crippen molar-refractivity contribution in [1.29, 1.82) is 0 Å². The van der Waals surface area contributed by atoms with Crippen LogP contribution >= 0.6 is 0 Å². The van der Waals surface area contributed by atoms with Crippen LogP contribution in [0.2, 0.25) is 0 Å². The summed E-state index contributed by atoms with van der Waals surface area (Å²) >= 11 is 0. The third kappa shape index (κ3) is 3.50.